The van der Waals surface area contributed by atoms with E-state index in [9.17, 15) is 4.79 Å². The molecule has 0 bridgehead atoms. The maximum absolute atomic E-state index is 11.6. The summed E-state index contributed by atoms with van der Waals surface area (Å²) in [6, 6.07) is 7.82. The van der Waals surface area contributed by atoms with Gasteiger partial charge in [0.1, 0.15) is 0 Å². The van der Waals surface area contributed by atoms with Gasteiger partial charge in [-0.15, -0.1) is 0 Å². The third kappa shape index (κ3) is 6.05. The Labute approximate surface area is 119 Å². The van der Waals surface area contributed by atoms with Gasteiger partial charge in [-0.25, -0.2) is 0 Å². The van der Waals surface area contributed by atoms with Crippen LogP contribution in [0.15, 0.2) is 24.3 Å². The summed E-state index contributed by atoms with van der Waals surface area (Å²) >= 11 is 5.97. The van der Waals surface area contributed by atoms with E-state index in [-0.39, 0.29) is 18.5 Å². The molecule has 0 radical (unpaired) electrons. The molecule has 0 heterocycles. The van der Waals surface area contributed by atoms with Crippen molar-refractivity contribution in [1.82, 2.24) is 10.6 Å². The zero-order valence-electron chi connectivity index (χ0n) is 11.4. The molecule has 1 rings (SSSR count). The topological polar surface area (TPSA) is 50.4 Å². The van der Waals surface area contributed by atoms with E-state index in [1.807, 2.05) is 24.3 Å². The van der Waals surface area contributed by atoms with Crippen molar-refractivity contribution < 1.29 is 9.53 Å². The monoisotopic (exact) mass is 284 g/mol. The molecule has 2 N–H and O–H groups in total. The van der Waals surface area contributed by atoms with Crippen molar-refractivity contribution >= 4 is 17.5 Å². The van der Waals surface area contributed by atoms with Crippen LogP contribution in [0.3, 0.4) is 0 Å². The van der Waals surface area contributed by atoms with Gasteiger partial charge in [0, 0.05) is 24.7 Å². The second-order valence-electron chi connectivity index (χ2n) is 4.24. The van der Waals surface area contributed by atoms with Gasteiger partial charge in [-0.1, -0.05) is 30.7 Å². The highest BCUT2D eigenvalue weighted by molar-refractivity contribution is 6.30. The van der Waals surface area contributed by atoms with Crippen LogP contribution < -0.4 is 10.6 Å². The van der Waals surface area contributed by atoms with E-state index < -0.39 is 0 Å². The third-order valence-electron chi connectivity index (χ3n) is 2.80. The number of halogens is 1. The highest BCUT2D eigenvalue weighted by atomic mass is 35.5. The number of nitrogens with one attached hydrogen (secondary N) is 2. The molecule has 0 saturated heterocycles. The fraction of sp³-hybridized carbons (Fsp3) is 0.500. The maximum atomic E-state index is 11.6. The number of rotatable bonds is 8. The average molecular weight is 285 g/mol. The Balaban J connectivity index is 2.42. The number of amides is 1. The normalized spacial score (nSPS) is 12.2. The second kappa shape index (κ2) is 8.91. The fourth-order valence-corrected chi connectivity index (χ4v) is 1.99. The van der Waals surface area contributed by atoms with Crippen molar-refractivity contribution in [3.63, 3.8) is 0 Å². The Kier molecular flexibility index (Phi) is 7.48. The van der Waals surface area contributed by atoms with E-state index in [1.165, 1.54) is 0 Å². The van der Waals surface area contributed by atoms with Crippen LogP contribution in [0.4, 0.5) is 0 Å². The Morgan fingerprint density at radius 3 is 2.89 bits per heavy atom. The van der Waals surface area contributed by atoms with E-state index in [0.29, 0.717) is 18.2 Å². The number of hydrogen-bond donors (Lipinski definition) is 2. The summed E-state index contributed by atoms with van der Waals surface area (Å²) in [4.78, 5) is 11.6. The molecule has 1 unspecified atom stereocenters. The molecule has 0 aromatic heterocycles. The molecule has 1 aromatic rings. The van der Waals surface area contributed by atoms with E-state index in [2.05, 4.69) is 17.6 Å². The van der Waals surface area contributed by atoms with Crippen LogP contribution in [0.25, 0.3) is 0 Å². The van der Waals surface area contributed by atoms with Crippen LogP contribution >= 0.6 is 11.6 Å². The molecular weight excluding hydrogens is 264 g/mol. The van der Waals surface area contributed by atoms with Gasteiger partial charge in [0.2, 0.25) is 5.91 Å². The number of hydrogen-bond acceptors (Lipinski definition) is 3. The molecular formula is C14H21ClN2O2. The molecule has 5 heteroatoms. The Bertz CT molecular complexity index is 399. The maximum Gasteiger partial charge on any atom is 0.234 e. The number of ether oxygens (including phenoxy) is 1. The summed E-state index contributed by atoms with van der Waals surface area (Å²) in [5.41, 5.74) is 1.10. The molecule has 0 fully saturated rings. The lowest BCUT2D eigenvalue weighted by Crippen LogP contribution is -2.37. The Morgan fingerprint density at radius 2 is 2.26 bits per heavy atom. The van der Waals surface area contributed by atoms with Gasteiger partial charge in [-0.3, -0.25) is 4.79 Å². The van der Waals surface area contributed by atoms with E-state index in [0.717, 1.165) is 12.0 Å². The molecule has 0 spiro atoms. The first-order chi connectivity index (χ1) is 9.17. The van der Waals surface area contributed by atoms with Gasteiger partial charge in [-0.2, -0.15) is 0 Å². The zero-order valence-corrected chi connectivity index (χ0v) is 12.2. The van der Waals surface area contributed by atoms with Gasteiger partial charge in [0.05, 0.1) is 13.2 Å². The lowest BCUT2D eigenvalue weighted by Gasteiger charge is -2.17. The minimum absolute atomic E-state index is 0.0301. The summed E-state index contributed by atoms with van der Waals surface area (Å²) in [6.07, 6.45) is 0.895. The van der Waals surface area contributed by atoms with Crippen molar-refractivity contribution in [3.8, 4) is 0 Å². The SMILES string of the molecule is CCC(NCC(=O)NCCOC)c1cccc(Cl)c1. The summed E-state index contributed by atoms with van der Waals surface area (Å²) in [6.45, 7) is 3.42. The van der Waals surface area contributed by atoms with Gasteiger partial charge in [0.15, 0.2) is 0 Å². The van der Waals surface area contributed by atoms with Crippen molar-refractivity contribution in [2.45, 2.75) is 19.4 Å². The van der Waals surface area contributed by atoms with Crippen molar-refractivity contribution in [2.75, 3.05) is 26.8 Å². The molecule has 1 aromatic carbocycles. The van der Waals surface area contributed by atoms with Crippen molar-refractivity contribution in [2.24, 2.45) is 0 Å². The highest BCUT2D eigenvalue weighted by Gasteiger charge is 2.10. The number of methoxy groups -OCH3 is 1. The number of benzene rings is 1. The Hall–Kier alpha value is -1.10. The Morgan fingerprint density at radius 1 is 1.47 bits per heavy atom. The predicted molar refractivity (Wildman–Crippen MR) is 77.4 cm³/mol. The quantitative estimate of drug-likeness (QED) is 0.719. The van der Waals surface area contributed by atoms with Crippen LogP contribution in [0.1, 0.15) is 24.9 Å². The van der Waals surface area contributed by atoms with Crippen LogP contribution in [0, 0.1) is 0 Å². The van der Waals surface area contributed by atoms with E-state index in [1.54, 1.807) is 7.11 Å². The van der Waals surface area contributed by atoms with Gasteiger partial charge >= 0.3 is 0 Å². The largest absolute Gasteiger partial charge is 0.383 e. The van der Waals surface area contributed by atoms with Crippen LogP contribution in [-0.4, -0.2) is 32.7 Å². The number of carbonyl (C=O) groups excluding carboxylic acids is 1. The van der Waals surface area contributed by atoms with Crippen LogP contribution in [-0.2, 0) is 9.53 Å². The predicted octanol–water partition coefficient (Wildman–Crippen LogP) is 2.14. The van der Waals surface area contributed by atoms with Gasteiger partial charge in [0.25, 0.3) is 0 Å². The van der Waals surface area contributed by atoms with Crippen molar-refractivity contribution in [3.05, 3.63) is 34.9 Å². The highest BCUT2D eigenvalue weighted by Crippen LogP contribution is 2.19. The molecule has 0 aliphatic rings. The lowest BCUT2D eigenvalue weighted by molar-refractivity contribution is -0.120. The first-order valence-corrected chi connectivity index (χ1v) is 6.79. The van der Waals surface area contributed by atoms with Gasteiger partial charge in [-0.05, 0) is 24.1 Å². The van der Waals surface area contributed by atoms with Crippen LogP contribution in [0.5, 0.6) is 0 Å². The van der Waals surface area contributed by atoms with Crippen molar-refractivity contribution in [1.29, 1.82) is 0 Å². The first kappa shape index (κ1) is 16.0. The fourth-order valence-electron chi connectivity index (χ4n) is 1.79. The molecule has 1 atom stereocenters. The zero-order chi connectivity index (χ0) is 14.1. The molecule has 0 saturated carbocycles. The molecule has 0 aliphatic carbocycles. The number of carbonyl (C=O) groups is 1. The standard InChI is InChI=1S/C14H21ClN2O2/c1-3-13(11-5-4-6-12(15)9-11)17-10-14(18)16-7-8-19-2/h4-6,9,13,17H,3,7-8,10H2,1-2H3,(H,16,18). The lowest BCUT2D eigenvalue weighted by atomic mass is 10.0. The van der Waals surface area contributed by atoms with E-state index >= 15 is 0 Å². The summed E-state index contributed by atoms with van der Waals surface area (Å²) in [5.74, 6) is -0.0301. The molecule has 106 valence electrons. The summed E-state index contributed by atoms with van der Waals surface area (Å²) < 4.78 is 4.87. The molecule has 4 nitrogen and oxygen atoms in total. The summed E-state index contributed by atoms with van der Waals surface area (Å²) in [7, 11) is 1.61. The second-order valence-corrected chi connectivity index (χ2v) is 4.68. The average Bonchev–Trinajstić information content (AvgIpc) is 2.40. The summed E-state index contributed by atoms with van der Waals surface area (Å²) in [5, 5.41) is 6.71. The smallest absolute Gasteiger partial charge is 0.234 e. The third-order valence-corrected chi connectivity index (χ3v) is 3.03. The molecule has 1 amide bonds. The minimum Gasteiger partial charge on any atom is -0.383 e. The van der Waals surface area contributed by atoms with E-state index in [4.69, 9.17) is 16.3 Å². The van der Waals surface area contributed by atoms with Crippen LogP contribution in [0.2, 0.25) is 5.02 Å². The minimum atomic E-state index is -0.0301. The molecule has 0 aliphatic heterocycles. The van der Waals surface area contributed by atoms with Gasteiger partial charge < -0.3 is 15.4 Å². The molecule has 19 heavy (non-hydrogen) atoms. The first-order valence-electron chi connectivity index (χ1n) is 6.41.